The van der Waals surface area contributed by atoms with Crippen LogP contribution in [0.4, 0.5) is 5.69 Å². The monoisotopic (exact) mass is 409 g/mol. The Morgan fingerprint density at radius 3 is 2.96 bits per heavy atom. The summed E-state index contributed by atoms with van der Waals surface area (Å²) >= 11 is 9.60. The van der Waals surface area contributed by atoms with E-state index in [-0.39, 0.29) is 0 Å². The molecule has 126 valence electrons. The van der Waals surface area contributed by atoms with Crippen LogP contribution in [0, 0.1) is 0 Å². The molecule has 8 heteroatoms. The lowest BCUT2D eigenvalue weighted by molar-refractivity contribution is 0.125. The van der Waals surface area contributed by atoms with Gasteiger partial charge >= 0.3 is 0 Å². The number of rotatable bonds is 4. The molecule has 0 fully saturated rings. The summed E-state index contributed by atoms with van der Waals surface area (Å²) in [6.07, 6.45) is 1.72. The molecule has 3 rings (SSSR count). The molecule has 2 heterocycles. The molecule has 0 saturated heterocycles. The number of halogens is 2. The van der Waals surface area contributed by atoms with Crippen molar-refractivity contribution in [3.8, 4) is 11.4 Å². The molecule has 0 aliphatic carbocycles. The van der Waals surface area contributed by atoms with Gasteiger partial charge in [-0.25, -0.2) is 0 Å². The maximum Gasteiger partial charge on any atom is 0.166 e. The molecular weight excluding hydrogens is 394 g/mol. The molecule has 0 atom stereocenters. The van der Waals surface area contributed by atoms with Crippen molar-refractivity contribution in [2.45, 2.75) is 20.1 Å². The third-order valence-corrected chi connectivity index (χ3v) is 4.47. The highest BCUT2D eigenvalue weighted by Gasteiger charge is 2.27. The average Bonchev–Trinajstić information content (AvgIpc) is 2.89. The Labute approximate surface area is 153 Å². The number of allylic oxidation sites excluding steroid dienone is 1. The third-order valence-electron chi connectivity index (χ3n) is 3.78. The quantitative estimate of drug-likeness (QED) is 0.780. The van der Waals surface area contributed by atoms with Crippen LogP contribution in [0.2, 0.25) is 5.02 Å². The van der Waals surface area contributed by atoms with Gasteiger partial charge in [0.25, 0.3) is 0 Å². The number of ether oxygens (including phenoxy) is 1. The summed E-state index contributed by atoms with van der Waals surface area (Å²) < 4.78 is 8.01. The zero-order valence-electron chi connectivity index (χ0n) is 13.2. The maximum absolute atomic E-state index is 6.20. The molecule has 0 bridgehead atoms. The SMILES string of the molecule is C=CN1/C(=C(\N)Br)Cn2c(COCC)nnc2-c2cc(Cl)ccc21. The summed E-state index contributed by atoms with van der Waals surface area (Å²) in [5.74, 6) is 1.45. The van der Waals surface area contributed by atoms with Crippen LogP contribution in [0.3, 0.4) is 0 Å². The standard InChI is InChI=1S/C16H17BrClN5O/c1-3-22-12-6-5-10(18)7-11(12)16-21-20-14(9-24-4-2)23(16)8-13(22)15(17)19/h3,5-7H,1,4,8-9,19H2,2H3/b15-13-. The molecule has 0 unspecified atom stereocenters. The number of hydrogen-bond acceptors (Lipinski definition) is 5. The van der Waals surface area contributed by atoms with E-state index in [1.807, 2.05) is 34.6 Å². The number of fused-ring (bicyclic) bond motifs is 3. The first kappa shape index (κ1) is 17.0. The number of benzene rings is 1. The second-order valence-electron chi connectivity index (χ2n) is 5.17. The largest absolute Gasteiger partial charge is 0.392 e. The lowest BCUT2D eigenvalue weighted by Crippen LogP contribution is -2.21. The van der Waals surface area contributed by atoms with Gasteiger partial charge in [-0.05, 0) is 41.1 Å². The molecule has 1 aliphatic rings. The van der Waals surface area contributed by atoms with E-state index in [2.05, 4.69) is 32.7 Å². The van der Waals surface area contributed by atoms with E-state index in [0.717, 1.165) is 28.6 Å². The molecule has 24 heavy (non-hydrogen) atoms. The van der Waals surface area contributed by atoms with Gasteiger partial charge in [0.2, 0.25) is 0 Å². The fourth-order valence-electron chi connectivity index (χ4n) is 2.67. The van der Waals surface area contributed by atoms with E-state index in [9.17, 15) is 0 Å². The van der Waals surface area contributed by atoms with Gasteiger partial charge in [0.05, 0.1) is 22.5 Å². The summed E-state index contributed by atoms with van der Waals surface area (Å²) in [5, 5.41) is 9.24. The predicted molar refractivity (Wildman–Crippen MR) is 98.6 cm³/mol. The van der Waals surface area contributed by atoms with E-state index in [4.69, 9.17) is 22.1 Å². The second kappa shape index (κ2) is 6.96. The van der Waals surface area contributed by atoms with Gasteiger partial charge in [-0.1, -0.05) is 18.2 Å². The van der Waals surface area contributed by atoms with Crippen molar-refractivity contribution in [3.63, 3.8) is 0 Å². The maximum atomic E-state index is 6.20. The first-order valence-electron chi connectivity index (χ1n) is 7.42. The Balaban J connectivity index is 2.25. The molecule has 1 aliphatic heterocycles. The topological polar surface area (TPSA) is 69.2 Å². The van der Waals surface area contributed by atoms with E-state index >= 15 is 0 Å². The van der Waals surface area contributed by atoms with E-state index in [1.54, 1.807) is 6.20 Å². The first-order chi connectivity index (χ1) is 11.6. The van der Waals surface area contributed by atoms with Crippen LogP contribution in [-0.4, -0.2) is 21.4 Å². The summed E-state index contributed by atoms with van der Waals surface area (Å²) in [4.78, 5) is 1.93. The summed E-state index contributed by atoms with van der Waals surface area (Å²) in [6, 6.07) is 5.61. The van der Waals surface area contributed by atoms with Crippen molar-refractivity contribution in [1.82, 2.24) is 14.8 Å². The number of aromatic nitrogens is 3. The van der Waals surface area contributed by atoms with Gasteiger partial charge in [-0.15, -0.1) is 10.2 Å². The lowest BCUT2D eigenvalue weighted by atomic mass is 10.1. The summed E-state index contributed by atoms with van der Waals surface area (Å²) in [6.45, 7) is 7.32. The molecule has 0 spiro atoms. The number of hydrogen-bond donors (Lipinski definition) is 1. The number of nitrogens with zero attached hydrogens (tertiary/aromatic N) is 4. The highest BCUT2D eigenvalue weighted by Crippen LogP contribution is 2.39. The Bertz CT molecular complexity index is 813. The Hall–Kier alpha value is -1.83. The second-order valence-corrected chi connectivity index (χ2v) is 6.46. The summed E-state index contributed by atoms with van der Waals surface area (Å²) in [5.41, 5.74) is 8.65. The van der Waals surface area contributed by atoms with E-state index in [0.29, 0.717) is 29.4 Å². The van der Waals surface area contributed by atoms with E-state index in [1.165, 1.54) is 0 Å². The molecule has 2 N–H and O–H groups in total. The van der Waals surface area contributed by atoms with Crippen LogP contribution < -0.4 is 10.6 Å². The zero-order valence-corrected chi connectivity index (χ0v) is 15.5. The lowest BCUT2D eigenvalue weighted by Gasteiger charge is -2.23. The van der Waals surface area contributed by atoms with Gasteiger partial charge in [0, 0.05) is 23.4 Å². The van der Waals surface area contributed by atoms with E-state index < -0.39 is 0 Å². The minimum Gasteiger partial charge on any atom is -0.392 e. The molecule has 6 nitrogen and oxygen atoms in total. The Morgan fingerprint density at radius 1 is 1.50 bits per heavy atom. The molecule has 0 saturated carbocycles. The Morgan fingerprint density at radius 2 is 2.29 bits per heavy atom. The minimum atomic E-state index is 0.378. The normalized spacial score (nSPS) is 15.5. The highest BCUT2D eigenvalue weighted by molar-refractivity contribution is 9.11. The molecule has 0 radical (unpaired) electrons. The molecule has 1 aromatic heterocycles. The van der Waals surface area contributed by atoms with Gasteiger partial charge in [-0.2, -0.15) is 0 Å². The predicted octanol–water partition coefficient (Wildman–Crippen LogP) is 3.62. The van der Waals surface area contributed by atoms with Gasteiger partial charge in [-0.3, -0.25) is 0 Å². The smallest absolute Gasteiger partial charge is 0.166 e. The fraction of sp³-hybridized carbons (Fsp3) is 0.250. The summed E-state index contributed by atoms with van der Waals surface area (Å²) in [7, 11) is 0. The molecule has 2 aromatic rings. The van der Waals surface area contributed by atoms with Crippen molar-refractivity contribution < 1.29 is 4.74 Å². The van der Waals surface area contributed by atoms with Crippen LogP contribution in [0.15, 0.2) is 41.3 Å². The van der Waals surface area contributed by atoms with Crippen LogP contribution >= 0.6 is 27.5 Å². The molecule has 1 aromatic carbocycles. The van der Waals surface area contributed by atoms with Crippen LogP contribution in [0.1, 0.15) is 12.7 Å². The highest BCUT2D eigenvalue weighted by atomic mass is 79.9. The van der Waals surface area contributed by atoms with Crippen LogP contribution in [0.5, 0.6) is 0 Å². The van der Waals surface area contributed by atoms with Crippen molar-refractivity contribution in [2.75, 3.05) is 11.5 Å². The van der Waals surface area contributed by atoms with Gasteiger partial charge < -0.3 is 19.9 Å². The van der Waals surface area contributed by atoms with Crippen LogP contribution in [0.25, 0.3) is 11.4 Å². The first-order valence-corrected chi connectivity index (χ1v) is 8.59. The number of nitrogens with two attached hydrogens (primary N) is 1. The molecule has 0 amide bonds. The van der Waals surface area contributed by atoms with Crippen molar-refractivity contribution in [1.29, 1.82) is 0 Å². The average molecular weight is 411 g/mol. The van der Waals surface area contributed by atoms with Gasteiger partial charge in [0.1, 0.15) is 6.61 Å². The van der Waals surface area contributed by atoms with Crippen molar-refractivity contribution >= 4 is 33.2 Å². The molecular formula is C16H17BrClN5O. The van der Waals surface area contributed by atoms with Crippen molar-refractivity contribution in [3.05, 3.63) is 52.1 Å². The van der Waals surface area contributed by atoms with Gasteiger partial charge in [0.15, 0.2) is 11.6 Å². The minimum absolute atomic E-state index is 0.378. The number of anilines is 1. The fourth-order valence-corrected chi connectivity index (χ4v) is 3.16. The Kier molecular flexibility index (Phi) is 4.93. The van der Waals surface area contributed by atoms with Crippen LogP contribution in [-0.2, 0) is 17.9 Å². The third kappa shape index (κ3) is 2.94. The zero-order chi connectivity index (χ0) is 17.3. The van der Waals surface area contributed by atoms with Crippen molar-refractivity contribution in [2.24, 2.45) is 5.73 Å².